The van der Waals surface area contributed by atoms with Crippen LogP contribution in [0, 0.1) is 49.0 Å². The molecule has 0 bridgehead atoms. The van der Waals surface area contributed by atoms with E-state index in [1.54, 1.807) is 60.7 Å². The van der Waals surface area contributed by atoms with Crippen LogP contribution < -0.4 is 0 Å². The van der Waals surface area contributed by atoms with Crippen molar-refractivity contribution in [1.29, 1.82) is 10.5 Å². The first-order valence-corrected chi connectivity index (χ1v) is 15.3. The van der Waals surface area contributed by atoms with E-state index in [0.717, 1.165) is 32.6 Å². The monoisotopic (exact) mass is 634 g/mol. The zero-order chi connectivity index (χ0) is 34.5. The Bertz CT molecular complexity index is 2920. The zero-order valence-electron chi connectivity index (χ0n) is 26.0. The van der Waals surface area contributed by atoms with E-state index < -0.39 is 0 Å². The normalized spacial score (nSPS) is 10.7. The molecular formula is C42H18N8. The van der Waals surface area contributed by atoms with Crippen molar-refractivity contribution in [2.24, 2.45) is 0 Å². The second-order valence-corrected chi connectivity index (χ2v) is 11.6. The van der Waals surface area contributed by atoms with Crippen LogP contribution in [0.25, 0.3) is 85.5 Å². The van der Waals surface area contributed by atoms with Gasteiger partial charge in [0.2, 0.25) is 0 Å². The highest BCUT2D eigenvalue weighted by atomic mass is 15.1. The van der Waals surface area contributed by atoms with Gasteiger partial charge in [-0.05, 0) is 65.7 Å². The van der Waals surface area contributed by atoms with E-state index in [1.807, 2.05) is 57.7 Å². The summed E-state index contributed by atoms with van der Waals surface area (Å²) >= 11 is 0. The lowest BCUT2D eigenvalue weighted by molar-refractivity contribution is 1.10. The fourth-order valence-corrected chi connectivity index (χ4v) is 6.80. The van der Waals surface area contributed by atoms with Gasteiger partial charge < -0.3 is 9.13 Å². The van der Waals surface area contributed by atoms with E-state index >= 15 is 0 Å². The first kappa shape index (κ1) is 29.3. The zero-order valence-corrected chi connectivity index (χ0v) is 26.0. The predicted octanol–water partition coefficient (Wildman–Crippen LogP) is 11.5. The molecule has 226 valence electrons. The van der Waals surface area contributed by atoms with Gasteiger partial charge in [0.05, 0.1) is 66.4 Å². The lowest BCUT2D eigenvalue weighted by Crippen LogP contribution is -2.04. The molecule has 8 rings (SSSR count). The van der Waals surface area contributed by atoms with Crippen molar-refractivity contribution in [3.05, 3.63) is 166 Å². The number of rotatable bonds is 3. The van der Waals surface area contributed by atoms with Crippen molar-refractivity contribution in [2.75, 3.05) is 0 Å². The highest BCUT2D eigenvalue weighted by Gasteiger charge is 2.23. The number of hydrogen-bond acceptors (Lipinski definition) is 2. The van der Waals surface area contributed by atoms with E-state index in [-0.39, 0.29) is 0 Å². The van der Waals surface area contributed by atoms with Gasteiger partial charge in [-0.1, -0.05) is 54.6 Å². The largest absolute Gasteiger partial charge is 0.310 e. The molecule has 6 aromatic carbocycles. The molecule has 0 aliphatic rings. The summed E-state index contributed by atoms with van der Waals surface area (Å²) in [7, 11) is 0. The van der Waals surface area contributed by atoms with Gasteiger partial charge >= 0.3 is 0 Å². The highest BCUT2D eigenvalue weighted by molar-refractivity contribution is 6.13. The van der Waals surface area contributed by atoms with Gasteiger partial charge in [0, 0.05) is 38.1 Å². The third-order valence-corrected chi connectivity index (χ3v) is 9.00. The quantitative estimate of drug-likeness (QED) is 0.181. The summed E-state index contributed by atoms with van der Waals surface area (Å²) in [5.74, 6) is 0. The molecule has 0 fully saturated rings. The predicted molar refractivity (Wildman–Crippen MR) is 195 cm³/mol. The van der Waals surface area contributed by atoms with Crippen LogP contribution in [0.3, 0.4) is 0 Å². The second kappa shape index (κ2) is 11.3. The highest BCUT2D eigenvalue weighted by Crippen LogP contribution is 2.44. The summed E-state index contributed by atoms with van der Waals surface area (Å²) in [6, 6.07) is 37.2. The number of aromatic nitrogens is 2. The molecule has 8 aromatic rings. The third kappa shape index (κ3) is 4.33. The molecule has 0 saturated heterocycles. The maximum atomic E-state index is 9.93. The summed E-state index contributed by atoms with van der Waals surface area (Å²) in [6.45, 7) is 31.7. The minimum atomic E-state index is 0.330. The molecule has 8 heteroatoms. The minimum absolute atomic E-state index is 0.330. The number of nitrogens with zero attached hydrogens (tertiary/aromatic N) is 8. The van der Waals surface area contributed by atoms with Crippen LogP contribution in [0.4, 0.5) is 22.7 Å². The molecule has 0 N–H and O–H groups in total. The third-order valence-electron chi connectivity index (χ3n) is 9.00. The summed E-state index contributed by atoms with van der Waals surface area (Å²) < 4.78 is 3.99. The van der Waals surface area contributed by atoms with E-state index in [9.17, 15) is 10.5 Å². The van der Waals surface area contributed by atoms with Crippen LogP contribution >= 0.6 is 0 Å². The van der Waals surface area contributed by atoms with Crippen molar-refractivity contribution >= 4 is 66.4 Å². The number of hydrogen-bond donors (Lipinski definition) is 0. The number of nitriles is 2. The Hall–Kier alpha value is -8.14. The van der Waals surface area contributed by atoms with Crippen molar-refractivity contribution < 1.29 is 0 Å². The molecule has 2 heterocycles. The minimum Gasteiger partial charge on any atom is -0.310 e. The molecule has 0 atom stereocenters. The van der Waals surface area contributed by atoms with Gasteiger partial charge in [-0.2, -0.15) is 10.5 Å². The van der Waals surface area contributed by atoms with Crippen molar-refractivity contribution in [1.82, 2.24) is 9.13 Å². The molecule has 8 nitrogen and oxygen atoms in total. The fraction of sp³-hybridized carbons (Fsp3) is 0. The molecule has 2 aromatic heterocycles. The Morgan fingerprint density at radius 3 is 1.40 bits per heavy atom. The molecular weight excluding hydrogens is 617 g/mol. The maximum Gasteiger partial charge on any atom is 0.197 e. The van der Waals surface area contributed by atoms with Crippen LogP contribution in [0.1, 0.15) is 11.1 Å². The fourth-order valence-electron chi connectivity index (χ4n) is 6.80. The average molecular weight is 635 g/mol. The van der Waals surface area contributed by atoms with Crippen LogP contribution in [0.2, 0.25) is 0 Å². The molecule has 0 amide bonds. The van der Waals surface area contributed by atoms with E-state index in [2.05, 4.69) is 31.5 Å². The lowest BCUT2D eigenvalue weighted by atomic mass is 9.99. The standard InChI is InChI=1S/C42H18N8/c1-45-28-9-13-32-31-12-8-26(24-44)17-37(31)49(38(32)18-28)42-22-36(48-4)35(27-7-5-6-25(16-27)23-43)21-41(42)50-39-19-29(46-2)10-14-33(39)34-15-11-30(47-3)20-40(34)50/h5-22H. The van der Waals surface area contributed by atoms with Gasteiger partial charge in [0.1, 0.15) is 0 Å². The maximum absolute atomic E-state index is 9.93. The SMILES string of the molecule is [C-]#[N+]c1ccc2c3ccc(C#N)cc3n(-c3cc([N+]#[C-])c(-c4cccc(C#N)c4)cc3-n3c4cc([N+]#[C-])ccc4c4ccc([N+]#[C-])cc43)c2c1. The molecule has 0 unspecified atom stereocenters. The Morgan fingerprint density at radius 1 is 0.460 bits per heavy atom. The van der Waals surface area contributed by atoms with Crippen molar-refractivity contribution in [2.45, 2.75) is 0 Å². The van der Waals surface area contributed by atoms with Gasteiger partial charge in [-0.15, -0.1) is 0 Å². The Kier molecular flexibility index (Phi) is 6.60. The Morgan fingerprint density at radius 2 is 0.920 bits per heavy atom. The summed E-state index contributed by atoms with van der Waals surface area (Å²) in [5.41, 5.74) is 7.89. The van der Waals surface area contributed by atoms with Gasteiger partial charge in [0.15, 0.2) is 22.7 Å². The molecule has 0 aliphatic carbocycles. The number of fused-ring (bicyclic) bond motifs is 6. The summed E-state index contributed by atoms with van der Waals surface area (Å²) in [4.78, 5) is 15.1. The van der Waals surface area contributed by atoms with Crippen LogP contribution in [-0.4, -0.2) is 9.13 Å². The molecule has 50 heavy (non-hydrogen) atoms. The van der Waals surface area contributed by atoms with Gasteiger partial charge in [-0.3, -0.25) is 0 Å². The second-order valence-electron chi connectivity index (χ2n) is 11.6. The van der Waals surface area contributed by atoms with Crippen LogP contribution in [0.15, 0.2) is 109 Å². The van der Waals surface area contributed by atoms with E-state index in [4.69, 9.17) is 26.3 Å². The lowest BCUT2D eigenvalue weighted by Gasteiger charge is -2.20. The van der Waals surface area contributed by atoms with E-state index in [1.165, 1.54) is 0 Å². The van der Waals surface area contributed by atoms with Gasteiger partial charge in [0.25, 0.3) is 0 Å². The first-order chi connectivity index (χ1) is 24.5. The first-order valence-electron chi connectivity index (χ1n) is 15.3. The van der Waals surface area contributed by atoms with E-state index in [0.29, 0.717) is 67.4 Å². The topological polar surface area (TPSA) is 74.9 Å². The van der Waals surface area contributed by atoms with Crippen molar-refractivity contribution in [3.63, 3.8) is 0 Å². The molecule has 0 saturated carbocycles. The average Bonchev–Trinajstić information content (AvgIpc) is 3.67. The van der Waals surface area contributed by atoms with Gasteiger partial charge in [-0.25, -0.2) is 19.4 Å². The molecule has 0 aliphatic heterocycles. The molecule has 0 spiro atoms. The molecule has 0 radical (unpaired) electrons. The smallest absolute Gasteiger partial charge is 0.197 e. The van der Waals surface area contributed by atoms with Crippen molar-refractivity contribution in [3.8, 4) is 34.6 Å². The summed E-state index contributed by atoms with van der Waals surface area (Å²) in [5, 5.41) is 23.1. The Labute approximate surface area is 286 Å². The number of benzene rings is 6. The summed E-state index contributed by atoms with van der Waals surface area (Å²) in [6.07, 6.45) is 0. The van der Waals surface area contributed by atoms with Crippen LogP contribution in [0.5, 0.6) is 0 Å². The Balaban J connectivity index is 1.63. The van der Waals surface area contributed by atoms with Crippen LogP contribution in [-0.2, 0) is 0 Å².